The van der Waals surface area contributed by atoms with Crippen molar-refractivity contribution in [3.8, 4) is 0 Å². The molecule has 0 radical (unpaired) electrons. The van der Waals surface area contributed by atoms with Gasteiger partial charge in [0.2, 0.25) is 0 Å². The third-order valence-electron chi connectivity index (χ3n) is 7.89. The number of hydrogen-bond acceptors (Lipinski definition) is 4. The molecular formula is C27H31N3O2. The van der Waals surface area contributed by atoms with Gasteiger partial charge in [-0.25, -0.2) is 0 Å². The van der Waals surface area contributed by atoms with E-state index in [1.807, 2.05) is 41.3 Å². The number of para-hydroxylation sites is 1. The van der Waals surface area contributed by atoms with Crippen LogP contribution in [0.25, 0.3) is 0 Å². The third-order valence-corrected chi connectivity index (χ3v) is 7.89. The monoisotopic (exact) mass is 429 g/mol. The molecular weight excluding hydrogens is 398 g/mol. The van der Waals surface area contributed by atoms with Gasteiger partial charge in [0.05, 0.1) is 12.3 Å². The summed E-state index contributed by atoms with van der Waals surface area (Å²) < 4.78 is 0. The largest absolute Gasteiger partial charge is 0.411 e. The second-order valence-electron chi connectivity index (χ2n) is 9.60. The average molecular weight is 430 g/mol. The van der Waals surface area contributed by atoms with Gasteiger partial charge in [0, 0.05) is 29.3 Å². The number of carbonyl (C=O) groups is 1. The molecule has 5 heteroatoms. The Morgan fingerprint density at radius 1 is 1.16 bits per heavy atom. The molecule has 2 aromatic carbocycles. The van der Waals surface area contributed by atoms with Crippen molar-refractivity contribution in [2.75, 3.05) is 11.4 Å². The Labute approximate surface area is 190 Å². The first-order valence-corrected chi connectivity index (χ1v) is 11.6. The minimum Gasteiger partial charge on any atom is -0.411 e. The highest BCUT2D eigenvalue weighted by Gasteiger charge is 2.66. The van der Waals surface area contributed by atoms with Crippen LogP contribution in [-0.2, 0) is 16.9 Å². The van der Waals surface area contributed by atoms with Crippen molar-refractivity contribution < 1.29 is 10.0 Å². The zero-order chi connectivity index (χ0) is 22.3. The van der Waals surface area contributed by atoms with Gasteiger partial charge in [-0.2, -0.15) is 0 Å². The van der Waals surface area contributed by atoms with E-state index < -0.39 is 5.54 Å². The molecule has 3 atom stereocenters. The lowest BCUT2D eigenvalue weighted by molar-refractivity contribution is -0.129. The van der Waals surface area contributed by atoms with Crippen molar-refractivity contribution in [3.63, 3.8) is 0 Å². The van der Waals surface area contributed by atoms with Gasteiger partial charge in [0.25, 0.3) is 5.91 Å². The van der Waals surface area contributed by atoms with Crippen LogP contribution in [0.1, 0.15) is 50.2 Å². The summed E-state index contributed by atoms with van der Waals surface area (Å²) in [5.74, 6) is 0.121. The van der Waals surface area contributed by atoms with Crippen LogP contribution >= 0.6 is 0 Å². The molecule has 1 N–H and O–H groups in total. The van der Waals surface area contributed by atoms with E-state index in [9.17, 15) is 10.0 Å². The summed E-state index contributed by atoms with van der Waals surface area (Å²) in [6.07, 6.45) is 6.38. The quantitative estimate of drug-likeness (QED) is 0.418. The van der Waals surface area contributed by atoms with Crippen LogP contribution in [0.15, 0.2) is 72.4 Å². The first-order chi connectivity index (χ1) is 15.6. The van der Waals surface area contributed by atoms with Gasteiger partial charge in [-0.1, -0.05) is 73.1 Å². The molecule has 1 spiro atoms. The number of oxime groups is 1. The van der Waals surface area contributed by atoms with Crippen molar-refractivity contribution in [1.29, 1.82) is 0 Å². The zero-order valence-electron chi connectivity index (χ0n) is 18.7. The summed E-state index contributed by atoms with van der Waals surface area (Å²) >= 11 is 0. The molecule has 2 aliphatic heterocycles. The van der Waals surface area contributed by atoms with Gasteiger partial charge in [-0.3, -0.25) is 9.69 Å². The number of rotatable bonds is 4. The summed E-state index contributed by atoms with van der Waals surface area (Å²) in [6, 6.07) is 18.5. The lowest BCUT2D eigenvalue weighted by Gasteiger charge is -2.37. The van der Waals surface area contributed by atoms with Gasteiger partial charge < -0.3 is 10.1 Å². The summed E-state index contributed by atoms with van der Waals surface area (Å²) in [4.78, 5) is 18.7. The second-order valence-corrected chi connectivity index (χ2v) is 9.60. The molecule has 1 saturated carbocycles. The summed E-state index contributed by atoms with van der Waals surface area (Å²) in [5.41, 5.74) is 2.86. The maximum atomic E-state index is 14.4. The molecule has 0 bridgehead atoms. The van der Waals surface area contributed by atoms with Gasteiger partial charge in [-0.05, 0) is 37.3 Å². The van der Waals surface area contributed by atoms with E-state index >= 15 is 0 Å². The van der Waals surface area contributed by atoms with Crippen LogP contribution in [0.4, 0.5) is 5.69 Å². The lowest BCUT2D eigenvalue weighted by Crippen LogP contribution is -2.52. The average Bonchev–Trinajstić information content (AvgIpc) is 3.11. The van der Waals surface area contributed by atoms with Crippen molar-refractivity contribution >= 4 is 17.3 Å². The van der Waals surface area contributed by atoms with Crippen LogP contribution in [0.5, 0.6) is 0 Å². The zero-order valence-corrected chi connectivity index (χ0v) is 18.7. The fourth-order valence-corrected chi connectivity index (χ4v) is 6.51. The predicted molar refractivity (Wildman–Crippen MR) is 127 cm³/mol. The topological polar surface area (TPSA) is 56.1 Å². The molecule has 1 saturated heterocycles. The van der Waals surface area contributed by atoms with E-state index in [0.29, 0.717) is 19.5 Å². The Morgan fingerprint density at radius 3 is 2.66 bits per heavy atom. The van der Waals surface area contributed by atoms with Crippen molar-refractivity contribution in [2.45, 2.75) is 57.2 Å². The maximum absolute atomic E-state index is 14.4. The SMILES string of the molecule is C=CCN1C2CCCC/C(=N\O)[C@@]2(C)C[C@]12C(=O)N(Cc1ccccc1)c1ccccc12. The fourth-order valence-electron chi connectivity index (χ4n) is 6.51. The van der Waals surface area contributed by atoms with E-state index in [0.717, 1.165) is 48.2 Å². The highest BCUT2D eigenvalue weighted by Crippen LogP contribution is 2.60. The van der Waals surface area contributed by atoms with Crippen molar-refractivity contribution in [1.82, 2.24) is 4.90 Å². The van der Waals surface area contributed by atoms with Gasteiger partial charge in [-0.15, -0.1) is 6.58 Å². The minimum atomic E-state index is -0.772. The van der Waals surface area contributed by atoms with Crippen LogP contribution in [0, 0.1) is 5.41 Å². The maximum Gasteiger partial charge on any atom is 0.252 e. The first kappa shape index (κ1) is 21.0. The molecule has 2 heterocycles. The molecule has 32 heavy (non-hydrogen) atoms. The summed E-state index contributed by atoms with van der Waals surface area (Å²) in [6.45, 7) is 7.38. The Morgan fingerprint density at radius 2 is 1.91 bits per heavy atom. The molecule has 5 rings (SSSR count). The Hall–Kier alpha value is -2.92. The van der Waals surface area contributed by atoms with Crippen molar-refractivity contribution in [2.24, 2.45) is 10.6 Å². The van der Waals surface area contributed by atoms with E-state index in [1.165, 1.54) is 0 Å². The lowest BCUT2D eigenvalue weighted by atomic mass is 9.72. The van der Waals surface area contributed by atoms with Crippen LogP contribution in [-0.4, -0.2) is 34.3 Å². The van der Waals surface area contributed by atoms with Crippen LogP contribution in [0.2, 0.25) is 0 Å². The summed E-state index contributed by atoms with van der Waals surface area (Å²) in [5, 5.41) is 13.7. The molecule has 2 fully saturated rings. The molecule has 1 unspecified atom stereocenters. The first-order valence-electron chi connectivity index (χ1n) is 11.6. The molecule has 2 aromatic rings. The van der Waals surface area contributed by atoms with Gasteiger partial charge in [0.15, 0.2) is 0 Å². The van der Waals surface area contributed by atoms with E-state index in [4.69, 9.17) is 0 Å². The van der Waals surface area contributed by atoms with E-state index in [-0.39, 0.29) is 17.4 Å². The number of hydrogen-bond donors (Lipinski definition) is 1. The molecule has 1 aliphatic carbocycles. The summed E-state index contributed by atoms with van der Waals surface area (Å²) in [7, 11) is 0. The number of likely N-dealkylation sites (tertiary alicyclic amines) is 1. The molecule has 0 aromatic heterocycles. The number of amides is 1. The standard InChI is InChI=1S/C27H31N3O2/c1-3-17-30-24-16-10-9-15-23(28-32)26(24,2)19-27(30)21-13-7-8-14-22(21)29(25(27)31)18-20-11-5-4-6-12-20/h3-8,11-14,24,32H,1,9-10,15-19H2,2H3/b28-23+/t24?,26-,27+/m1/s1. The number of carbonyl (C=O) groups excluding carboxylic acids is 1. The number of nitrogens with zero attached hydrogens (tertiary/aromatic N) is 3. The highest BCUT2D eigenvalue weighted by molar-refractivity contribution is 6.09. The van der Waals surface area contributed by atoms with Gasteiger partial charge in [0.1, 0.15) is 5.54 Å². The molecule has 1 amide bonds. The van der Waals surface area contributed by atoms with Crippen LogP contribution in [0.3, 0.4) is 0 Å². The number of fused-ring (bicyclic) bond motifs is 3. The molecule has 166 valence electrons. The Bertz CT molecular complexity index is 1070. The molecule has 5 nitrogen and oxygen atoms in total. The number of anilines is 1. The predicted octanol–water partition coefficient (Wildman–Crippen LogP) is 5.10. The fraction of sp³-hybridized carbons (Fsp3) is 0.407. The Kier molecular flexibility index (Phi) is 5.17. The van der Waals surface area contributed by atoms with E-state index in [2.05, 4.69) is 47.8 Å². The third kappa shape index (κ3) is 2.87. The van der Waals surface area contributed by atoms with Gasteiger partial charge >= 0.3 is 0 Å². The number of benzene rings is 2. The Balaban J connectivity index is 1.67. The van der Waals surface area contributed by atoms with Crippen LogP contribution < -0.4 is 4.90 Å². The minimum absolute atomic E-state index is 0.121. The van der Waals surface area contributed by atoms with Crippen molar-refractivity contribution in [3.05, 3.63) is 78.4 Å². The van der Waals surface area contributed by atoms with E-state index in [1.54, 1.807) is 0 Å². The highest BCUT2D eigenvalue weighted by atomic mass is 16.4. The normalized spacial score (nSPS) is 31.0. The second kappa shape index (κ2) is 7.89. The molecule has 3 aliphatic rings. The smallest absolute Gasteiger partial charge is 0.252 e.